The summed E-state index contributed by atoms with van der Waals surface area (Å²) in [5, 5.41) is 3.16. The van der Waals surface area contributed by atoms with Gasteiger partial charge in [0.05, 0.1) is 6.04 Å². The Morgan fingerprint density at radius 1 is 1.38 bits per heavy atom. The molecule has 1 aliphatic rings. The summed E-state index contributed by atoms with van der Waals surface area (Å²) in [7, 11) is 0. The van der Waals surface area contributed by atoms with Crippen molar-refractivity contribution in [2.75, 3.05) is 13.1 Å². The van der Waals surface area contributed by atoms with Gasteiger partial charge in [-0.15, -0.1) is 0 Å². The molecule has 1 saturated heterocycles. The molecule has 0 unspecified atom stereocenters. The van der Waals surface area contributed by atoms with Gasteiger partial charge in [0.2, 0.25) is 5.91 Å². The SMILES string of the molecule is CCC(C)(C)NC(=O)[C@H](C)N1CC[C@@H](c2ccccc2)C1. The molecule has 1 heterocycles. The van der Waals surface area contributed by atoms with Crippen molar-refractivity contribution in [3.05, 3.63) is 35.9 Å². The van der Waals surface area contributed by atoms with E-state index in [9.17, 15) is 4.79 Å². The number of amides is 1. The van der Waals surface area contributed by atoms with Crippen molar-refractivity contribution in [3.8, 4) is 0 Å². The lowest BCUT2D eigenvalue weighted by atomic mass is 9.99. The van der Waals surface area contributed by atoms with Crippen molar-refractivity contribution in [3.63, 3.8) is 0 Å². The van der Waals surface area contributed by atoms with Crippen molar-refractivity contribution in [2.24, 2.45) is 0 Å². The Kier molecular flexibility index (Phi) is 5.04. The quantitative estimate of drug-likeness (QED) is 0.902. The molecule has 1 amide bonds. The van der Waals surface area contributed by atoms with Gasteiger partial charge in [-0.05, 0) is 51.6 Å². The highest BCUT2D eigenvalue weighted by Gasteiger charge is 2.31. The number of nitrogens with one attached hydrogen (secondary N) is 1. The Morgan fingerprint density at radius 2 is 2.05 bits per heavy atom. The summed E-state index contributed by atoms with van der Waals surface area (Å²) in [5.74, 6) is 0.705. The number of nitrogens with zero attached hydrogens (tertiary/aromatic N) is 1. The van der Waals surface area contributed by atoms with Gasteiger partial charge in [-0.25, -0.2) is 0 Å². The van der Waals surface area contributed by atoms with Crippen LogP contribution in [0.25, 0.3) is 0 Å². The number of carbonyl (C=O) groups is 1. The fourth-order valence-corrected chi connectivity index (χ4v) is 2.83. The van der Waals surface area contributed by atoms with E-state index in [0.717, 1.165) is 25.9 Å². The molecule has 3 heteroatoms. The molecule has 21 heavy (non-hydrogen) atoms. The second kappa shape index (κ2) is 6.61. The maximum absolute atomic E-state index is 12.4. The summed E-state index contributed by atoms with van der Waals surface area (Å²) < 4.78 is 0. The number of carbonyl (C=O) groups excluding carboxylic acids is 1. The highest BCUT2D eigenvalue weighted by atomic mass is 16.2. The number of benzene rings is 1. The normalized spacial score (nSPS) is 21.2. The molecule has 0 aliphatic carbocycles. The van der Waals surface area contributed by atoms with Crippen LogP contribution in [0, 0.1) is 0 Å². The van der Waals surface area contributed by atoms with Gasteiger partial charge < -0.3 is 5.32 Å². The fourth-order valence-electron chi connectivity index (χ4n) is 2.83. The van der Waals surface area contributed by atoms with Crippen LogP contribution in [-0.2, 0) is 4.79 Å². The second-order valence-corrected chi connectivity index (χ2v) is 6.79. The van der Waals surface area contributed by atoms with E-state index in [4.69, 9.17) is 0 Å². The molecule has 116 valence electrons. The third-order valence-corrected chi connectivity index (χ3v) is 4.76. The van der Waals surface area contributed by atoms with Gasteiger partial charge in [0.25, 0.3) is 0 Å². The average Bonchev–Trinajstić information content (AvgIpc) is 2.96. The van der Waals surface area contributed by atoms with Gasteiger partial charge in [0.1, 0.15) is 0 Å². The molecule has 0 radical (unpaired) electrons. The van der Waals surface area contributed by atoms with Gasteiger partial charge in [-0.2, -0.15) is 0 Å². The summed E-state index contributed by atoms with van der Waals surface area (Å²) in [5.41, 5.74) is 1.27. The van der Waals surface area contributed by atoms with Gasteiger partial charge in [0, 0.05) is 12.1 Å². The number of rotatable bonds is 5. The zero-order valence-electron chi connectivity index (χ0n) is 13.7. The molecule has 0 bridgehead atoms. The van der Waals surface area contributed by atoms with E-state index < -0.39 is 0 Å². The summed E-state index contributed by atoms with van der Waals surface area (Å²) in [6, 6.07) is 10.6. The van der Waals surface area contributed by atoms with Crippen molar-refractivity contribution in [2.45, 2.75) is 58.0 Å². The predicted octanol–water partition coefficient (Wildman–Crippen LogP) is 3.17. The lowest BCUT2D eigenvalue weighted by Gasteiger charge is -2.30. The third kappa shape index (κ3) is 4.07. The van der Waals surface area contributed by atoms with Gasteiger partial charge >= 0.3 is 0 Å². The second-order valence-electron chi connectivity index (χ2n) is 6.79. The zero-order chi connectivity index (χ0) is 15.5. The van der Waals surface area contributed by atoms with Crippen LogP contribution < -0.4 is 5.32 Å². The van der Waals surface area contributed by atoms with E-state index in [2.05, 4.69) is 61.3 Å². The van der Waals surface area contributed by atoms with Crippen molar-refractivity contribution in [1.82, 2.24) is 10.2 Å². The first-order chi connectivity index (χ1) is 9.93. The van der Waals surface area contributed by atoms with Crippen LogP contribution in [0.2, 0.25) is 0 Å². The molecule has 0 aromatic heterocycles. The molecule has 1 aromatic rings. The number of hydrogen-bond donors (Lipinski definition) is 1. The largest absolute Gasteiger partial charge is 0.350 e. The van der Waals surface area contributed by atoms with Gasteiger partial charge in [-0.3, -0.25) is 9.69 Å². The number of likely N-dealkylation sites (tertiary alicyclic amines) is 1. The van der Waals surface area contributed by atoms with Crippen LogP contribution in [-0.4, -0.2) is 35.5 Å². The van der Waals surface area contributed by atoms with Crippen LogP contribution in [0.1, 0.15) is 52.0 Å². The molecular formula is C18H28N2O. The first-order valence-electron chi connectivity index (χ1n) is 8.04. The monoisotopic (exact) mass is 288 g/mol. The highest BCUT2D eigenvalue weighted by molar-refractivity contribution is 5.82. The molecular weight excluding hydrogens is 260 g/mol. The summed E-state index contributed by atoms with van der Waals surface area (Å²) >= 11 is 0. The van der Waals surface area contributed by atoms with Crippen molar-refractivity contribution >= 4 is 5.91 Å². The van der Waals surface area contributed by atoms with Crippen molar-refractivity contribution < 1.29 is 4.79 Å². The molecule has 2 atom stereocenters. The van der Waals surface area contributed by atoms with E-state index >= 15 is 0 Å². The average molecular weight is 288 g/mol. The minimum atomic E-state index is -0.121. The van der Waals surface area contributed by atoms with Crippen LogP contribution in [0.5, 0.6) is 0 Å². The van der Waals surface area contributed by atoms with Crippen LogP contribution >= 0.6 is 0 Å². The molecule has 1 fully saturated rings. The highest BCUT2D eigenvalue weighted by Crippen LogP contribution is 2.28. The van der Waals surface area contributed by atoms with E-state index in [1.807, 2.05) is 6.92 Å². The summed E-state index contributed by atoms with van der Waals surface area (Å²) in [4.78, 5) is 14.7. The standard InChI is InChI=1S/C18H28N2O/c1-5-18(3,4)19-17(21)14(2)20-12-11-16(13-20)15-9-7-6-8-10-15/h6-10,14,16H,5,11-13H2,1-4H3,(H,19,21)/t14-,16+/m0/s1. The van der Waals surface area contributed by atoms with Crippen LogP contribution in [0.4, 0.5) is 0 Å². The third-order valence-electron chi connectivity index (χ3n) is 4.76. The van der Waals surface area contributed by atoms with Crippen molar-refractivity contribution in [1.29, 1.82) is 0 Å². The van der Waals surface area contributed by atoms with E-state index in [1.165, 1.54) is 5.56 Å². The van der Waals surface area contributed by atoms with Crippen LogP contribution in [0.3, 0.4) is 0 Å². The Labute approximate surface area is 128 Å². The topological polar surface area (TPSA) is 32.3 Å². The first-order valence-corrected chi connectivity index (χ1v) is 8.04. The Morgan fingerprint density at radius 3 is 2.67 bits per heavy atom. The lowest BCUT2D eigenvalue weighted by molar-refractivity contribution is -0.127. The Hall–Kier alpha value is -1.35. The van der Waals surface area contributed by atoms with E-state index in [-0.39, 0.29) is 17.5 Å². The molecule has 0 saturated carbocycles. The minimum Gasteiger partial charge on any atom is -0.350 e. The molecule has 1 aliphatic heterocycles. The predicted molar refractivity (Wildman–Crippen MR) is 87.3 cm³/mol. The van der Waals surface area contributed by atoms with Crippen LogP contribution in [0.15, 0.2) is 30.3 Å². The minimum absolute atomic E-state index is 0.0514. The number of hydrogen-bond acceptors (Lipinski definition) is 2. The van der Waals surface area contributed by atoms with Gasteiger partial charge in [-0.1, -0.05) is 37.3 Å². The Balaban J connectivity index is 1.93. The summed E-state index contributed by atoms with van der Waals surface area (Å²) in [6.07, 6.45) is 2.08. The molecule has 3 nitrogen and oxygen atoms in total. The molecule has 1 aromatic carbocycles. The smallest absolute Gasteiger partial charge is 0.237 e. The molecule has 2 rings (SSSR count). The van der Waals surface area contributed by atoms with Gasteiger partial charge in [0.15, 0.2) is 0 Å². The molecule has 0 spiro atoms. The molecule has 1 N–H and O–H groups in total. The maximum Gasteiger partial charge on any atom is 0.237 e. The Bertz CT molecular complexity index is 469. The van der Waals surface area contributed by atoms with E-state index in [1.54, 1.807) is 0 Å². The van der Waals surface area contributed by atoms with E-state index in [0.29, 0.717) is 5.92 Å². The first kappa shape index (κ1) is 16.0. The lowest BCUT2D eigenvalue weighted by Crippen LogP contribution is -2.51. The zero-order valence-corrected chi connectivity index (χ0v) is 13.7. The maximum atomic E-state index is 12.4. The fraction of sp³-hybridized carbons (Fsp3) is 0.611. The summed E-state index contributed by atoms with van der Waals surface area (Å²) in [6.45, 7) is 10.3.